The van der Waals surface area contributed by atoms with Crippen molar-refractivity contribution >= 4 is 38.1 Å². The van der Waals surface area contributed by atoms with Crippen LogP contribution < -0.4 is 19.5 Å². The molecule has 3 rings (SSSR count). The Bertz CT molecular complexity index is 1140. The van der Waals surface area contributed by atoms with Gasteiger partial charge in [-0.25, -0.2) is 0 Å². The average molecular weight is 434 g/mol. The van der Waals surface area contributed by atoms with E-state index in [1.54, 1.807) is 24.3 Å². The van der Waals surface area contributed by atoms with Gasteiger partial charge in [0, 0.05) is 11.6 Å². The highest BCUT2D eigenvalue weighted by Gasteiger charge is 2.22. The summed E-state index contributed by atoms with van der Waals surface area (Å²) >= 11 is 0.743. The van der Waals surface area contributed by atoms with Crippen molar-refractivity contribution in [3.05, 3.63) is 53.6 Å². The maximum atomic E-state index is 12.6. The van der Waals surface area contributed by atoms with Gasteiger partial charge in [0.2, 0.25) is 5.13 Å². The number of aromatic nitrogens is 2. The molecule has 0 aliphatic heterocycles. The lowest BCUT2D eigenvalue weighted by Gasteiger charge is -2.10. The lowest BCUT2D eigenvalue weighted by molar-refractivity contribution is 0.102. The Hall–Kier alpha value is -3.18. The maximum Gasteiger partial charge on any atom is 0.291 e. The summed E-state index contributed by atoms with van der Waals surface area (Å²) < 4.78 is 37.6. The van der Waals surface area contributed by atoms with E-state index < -0.39 is 15.9 Å². The lowest BCUT2D eigenvalue weighted by Crippen LogP contribution is -2.12. The Kier molecular flexibility index (Phi) is 5.99. The number of sulfonamides is 1. The fourth-order valence-corrected chi connectivity index (χ4v) is 4.37. The monoisotopic (exact) mass is 434 g/mol. The molecule has 0 fully saturated rings. The standard InChI is InChI=1S/C18H18N4O5S2/c1-11-5-4-6-12(9-11)16(23)19-17-20-21-18(28-17)29(24,25)22-13-7-8-14(26-2)15(10-13)27-3/h4-10,22H,1-3H3,(H,19,20,23). The summed E-state index contributed by atoms with van der Waals surface area (Å²) in [6, 6.07) is 11.6. The minimum atomic E-state index is -4.00. The van der Waals surface area contributed by atoms with Gasteiger partial charge in [-0.15, -0.1) is 10.2 Å². The quantitative estimate of drug-likeness (QED) is 0.549. The molecule has 9 nitrogen and oxygen atoms in total. The summed E-state index contributed by atoms with van der Waals surface area (Å²) in [6.45, 7) is 1.87. The zero-order valence-electron chi connectivity index (χ0n) is 15.8. The second-order valence-electron chi connectivity index (χ2n) is 5.87. The van der Waals surface area contributed by atoms with Crippen LogP contribution in [0.5, 0.6) is 11.5 Å². The van der Waals surface area contributed by atoms with E-state index >= 15 is 0 Å². The number of nitrogens with zero attached hydrogens (tertiary/aromatic N) is 2. The first-order valence-electron chi connectivity index (χ1n) is 8.29. The van der Waals surface area contributed by atoms with Crippen LogP contribution >= 0.6 is 11.3 Å². The first kappa shape index (κ1) is 20.6. The molecule has 0 saturated heterocycles. The van der Waals surface area contributed by atoms with Gasteiger partial charge < -0.3 is 9.47 Å². The van der Waals surface area contributed by atoms with E-state index in [1.807, 2.05) is 13.0 Å². The SMILES string of the molecule is COc1ccc(NS(=O)(=O)c2nnc(NC(=O)c3cccc(C)c3)s2)cc1OC. The molecule has 152 valence electrons. The molecule has 1 amide bonds. The van der Waals surface area contributed by atoms with E-state index in [4.69, 9.17) is 9.47 Å². The van der Waals surface area contributed by atoms with Crippen molar-refractivity contribution in [2.75, 3.05) is 24.3 Å². The van der Waals surface area contributed by atoms with Crippen LogP contribution in [-0.2, 0) is 10.0 Å². The van der Waals surface area contributed by atoms with Gasteiger partial charge in [-0.2, -0.15) is 8.42 Å². The Morgan fingerprint density at radius 3 is 2.48 bits per heavy atom. The van der Waals surface area contributed by atoms with E-state index in [1.165, 1.54) is 26.4 Å². The molecular formula is C18H18N4O5S2. The van der Waals surface area contributed by atoms with Crippen molar-refractivity contribution in [2.24, 2.45) is 0 Å². The van der Waals surface area contributed by atoms with Crippen LogP contribution in [0.4, 0.5) is 10.8 Å². The van der Waals surface area contributed by atoms with E-state index in [0.29, 0.717) is 17.1 Å². The molecule has 0 aliphatic carbocycles. The Labute approximate surface area is 171 Å². The number of nitrogens with one attached hydrogen (secondary N) is 2. The van der Waals surface area contributed by atoms with Crippen LogP contribution in [0, 0.1) is 6.92 Å². The molecule has 29 heavy (non-hydrogen) atoms. The molecule has 3 aromatic rings. The van der Waals surface area contributed by atoms with Crippen molar-refractivity contribution in [1.82, 2.24) is 10.2 Å². The van der Waals surface area contributed by atoms with E-state index in [9.17, 15) is 13.2 Å². The Morgan fingerprint density at radius 2 is 1.79 bits per heavy atom. The predicted octanol–water partition coefficient (Wildman–Crippen LogP) is 2.92. The molecule has 0 bridgehead atoms. The van der Waals surface area contributed by atoms with Crippen LogP contribution in [0.3, 0.4) is 0 Å². The van der Waals surface area contributed by atoms with E-state index in [0.717, 1.165) is 16.9 Å². The van der Waals surface area contributed by atoms with Crippen molar-refractivity contribution in [1.29, 1.82) is 0 Å². The number of carbonyl (C=O) groups is 1. The lowest BCUT2D eigenvalue weighted by atomic mass is 10.1. The normalized spacial score (nSPS) is 11.0. The van der Waals surface area contributed by atoms with Crippen LogP contribution in [0.1, 0.15) is 15.9 Å². The fraction of sp³-hybridized carbons (Fsp3) is 0.167. The molecular weight excluding hydrogens is 416 g/mol. The van der Waals surface area contributed by atoms with Crippen LogP contribution in [-0.4, -0.2) is 38.7 Å². The number of amides is 1. The summed E-state index contributed by atoms with van der Waals surface area (Å²) in [4.78, 5) is 12.3. The molecule has 1 heterocycles. The van der Waals surface area contributed by atoms with E-state index in [-0.39, 0.29) is 15.2 Å². The number of methoxy groups -OCH3 is 2. The second kappa shape index (κ2) is 8.45. The van der Waals surface area contributed by atoms with Gasteiger partial charge in [0.15, 0.2) is 11.5 Å². The predicted molar refractivity (Wildman–Crippen MR) is 109 cm³/mol. The van der Waals surface area contributed by atoms with E-state index in [2.05, 4.69) is 20.2 Å². The molecule has 2 aromatic carbocycles. The summed E-state index contributed by atoms with van der Waals surface area (Å²) in [5, 5.41) is 10.0. The third-order valence-electron chi connectivity index (χ3n) is 3.77. The minimum Gasteiger partial charge on any atom is -0.493 e. The largest absolute Gasteiger partial charge is 0.493 e. The molecule has 0 atom stereocenters. The number of anilines is 2. The van der Waals surface area contributed by atoms with Gasteiger partial charge in [-0.3, -0.25) is 14.8 Å². The van der Waals surface area contributed by atoms with Gasteiger partial charge >= 0.3 is 0 Å². The number of hydrogen-bond acceptors (Lipinski definition) is 8. The van der Waals surface area contributed by atoms with Gasteiger partial charge in [0.05, 0.1) is 19.9 Å². The zero-order valence-corrected chi connectivity index (χ0v) is 17.4. The fourth-order valence-electron chi connectivity index (χ4n) is 2.42. The number of carbonyl (C=O) groups excluding carboxylic acids is 1. The van der Waals surface area contributed by atoms with Crippen LogP contribution in [0.2, 0.25) is 0 Å². The third-order valence-corrected chi connectivity index (χ3v) is 6.36. The molecule has 2 N–H and O–H groups in total. The first-order valence-corrected chi connectivity index (χ1v) is 10.6. The van der Waals surface area contributed by atoms with Gasteiger partial charge in [-0.05, 0) is 31.2 Å². The molecule has 0 aliphatic rings. The summed E-state index contributed by atoms with van der Waals surface area (Å²) in [7, 11) is -1.07. The van der Waals surface area contributed by atoms with Gasteiger partial charge in [0.1, 0.15) is 0 Å². The molecule has 0 saturated carbocycles. The first-order chi connectivity index (χ1) is 13.8. The van der Waals surface area contributed by atoms with Crippen LogP contribution in [0.15, 0.2) is 46.8 Å². The Morgan fingerprint density at radius 1 is 1.03 bits per heavy atom. The zero-order chi connectivity index (χ0) is 21.0. The minimum absolute atomic E-state index is 0.0733. The highest BCUT2D eigenvalue weighted by molar-refractivity contribution is 7.94. The number of hydrogen-bond donors (Lipinski definition) is 2. The highest BCUT2D eigenvalue weighted by atomic mass is 32.2. The number of rotatable bonds is 7. The smallest absolute Gasteiger partial charge is 0.291 e. The molecule has 0 unspecified atom stereocenters. The number of benzene rings is 2. The third kappa shape index (κ3) is 4.81. The average Bonchev–Trinajstić information content (AvgIpc) is 3.17. The second-order valence-corrected chi connectivity index (χ2v) is 8.71. The molecule has 1 aromatic heterocycles. The van der Waals surface area contributed by atoms with Crippen molar-refractivity contribution in [3.63, 3.8) is 0 Å². The summed E-state index contributed by atoms with van der Waals surface area (Å²) in [6.07, 6.45) is 0. The topological polar surface area (TPSA) is 120 Å². The molecule has 0 spiro atoms. The summed E-state index contributed by atoms with van der Waals surface area (Å²) in [5.74, 6) is 0.435. The van der Waals surface area contributed by atoms with Gasteiger partial charge in [0.25, 0.3) is 20.3 Å². The maximum absolute atomic E-state index is 12.6. The van der Waals surface area contributed by atoms with Crippen molar-refractivity contribution in [2.45, 2.75) is 11.3 Å². The van der Waals surface area contributed by atoms with Crippen LogP contribution in [0.25, 0.3) is 0 Å². The highest BCUT2D eigenvalue weighted by Crippen LogP contribution is 2.31. The van der Waals surface area contributed by atoms with Crippen molar-refractivity contribution in [3.8, 4) is 11.5 Å². The number of aryl methyl sites for hydroxylation is 1. The molecule has 0 radical (unpaired) electrons. The molecule has 11 heteroatoms. The van der Waals surface area contributed by atoms with Crippen molar-refractivity contribution < 1.29 is 22.7 Å². The Balaban J connectivity index is 1.76. The summed E-state index contributed by atoms with van der Waals surface area (Å²) in [5.41, 5.74) is 1.63. The number of ether oxygens (including phenoxy) is 2. The van der Waals surface area contributed by atoms with Gasteiger partial charge in [-0.1, -0.05) is 29.0 Å².